The lowest BCUT2D eigenvalue weighted by Crippen LogP contribution is -2.55. The van der Waals surface area contributed by atoms with Crippen molar-refractivity contribution in [1.82, 2.24) is 34.8 Å². The number of rotatable bonds is 6. The van der Waals surface area contributed by atoms with Crippen molar-refractivity contribution < 1.29 is 4.79 Å². The van der Waals surface area contributed by atoms with E-state index in [2.05, 4.69) is 27.5 Å². The Morgan fingerprint density at radius 2 is 2.14 bits per heavy atom. The Morgan fingerprint density at radius 1 is 1.32 bits per heavy atom. The van der Waals surface area contributed by atoms with E-state index in [4.69, 9.17) is 4.99 Å². The maximum atomic E-state index is 12.6. The van der Waals surface area contributed by atoms with Gasteiger partial charge in [0.25, 0.3) is 0 Å². The molecule has 0 saturated carbocycles. The maximum absolute atomic E-state index is 12.6. The van der Waals surface area contributed by atoms with Gasteiger partial charge in [-0.05, 0) is 6.92 Å². The molecule has 1 aliphatic rings. The summed E-state index contributed by atoms with van der Waals surface area (Å²) in [5, 5.41) is 15.5. The molecule has 1 amide bonds. The number of guanidine groups is 1. The zero-order valence-electron chi connectivity index (χ0n) is 16.6. The molecular formula is C17H28IN9O. The number of anilines is 1. The average molecular weight is 501 g/mol. The van der Waals surface area contributed by atoms with E-state index in [1.165, 1.54) is 0 Å². The number of aryl methyl sites for hydroxylation is 2. The lowest BCUT2D eigenvalue weighted by Gasteiger charge is -2.35. The fourth-order valence-corrected chi connectivity index (χ4v) is 3.10. The maximum Gasteiger partial charge on any atom is 0.246 e. The smallest absolute Gasteiger partial charge is 0.246 e. The van der Waals surface area contributed by atoms with Crippen molar-refractivity contribution in [2.45, 2.75) is 26.8 Å². The molecule has 0 bridgehead atoms. The molecule has 0 atom stereocenters. The minimum Gasteiger partial charge on any atom is -0.357 e. The van der Waals surface area contributed by atoms with E-state index < -0.39 is 0 Å². The molecule has 0 spiro atoms. The van der Waals surface area contributed by atoms with Gasteiger partial charge in [-0.2, -0.15) is 5.10 Å². The van der Waals surface area contributed by atoms with E-state index in [0.29, 0.717) is 26.2 Å². The molecule has 154 valence electrons. The largest absolute Gasteiger partial charge is 0.357 e. The summed E-state index contributed by atoms with van der Waals surface area (Å²) in [7, 11) is 1.85. The van der Waals surface area contributed by atoms with Gasteiger partial charge in [0.15, 0.2) is 5.96 Å². The van der Waals surface area contributed by atoms with E-state index in [9.17, 15) is 4.79 Å². The Kier molecular flexibility index (Phi) is 8.20. The number of hydrogen-bond acceptors (Lipinski definition) is 5. The molecule has 0 unspecified atom stereocenters. The topological polar surface area (TPSA) is 96.5 Å². The van der Waals surface area contributed by atoms with Crippen LogP contribution in [-0.4, -0.2) is 74.0 Å². The second kappa shape index (κ2) is 10.4. The van der Waals surface area contributed by atoms with Crippen molar-refractivity contribution in [3.05, 3.63) is 24.5 Å². The highest BCUT2D eigenvalue weighted by Crippen LogP contribution is 2.16. The number of piperazine rings is 1. The third kappa shape index (κ3) is 5.20. The fraction of sp³-hybridized carbons (Fsp3) is 0.588. The van der Waals surface area contributed by atoms with E-state index in [0.717, 1.165) is 37.0 Å². The average Bonchev–Trinajstić information content (AvgIpc) is 3.29. The van der Waals surface area contributed by atoms with Gasteiger partial charge in [0.1, 0.15) is 18.7 Å². The molecule has 1 saturated heterocycles. The van der Waals surface area contributed by atoms with Gasteiger partial charge in [0.05, 0.1) is 18.4 Å². The van der Waals surface area contributed by atoms with Crippen LogP contribution in [0.3, 0.4) is 0 Å². The Balaban J connectivity index is 0.00000280. The van der Waals surface area contributed by atoms with Gasteiger partial charge in [0.2, 0.25) is 5.91 Å². The highest BCUT2D eigenvalue weighted by Gasteiger charge is 2.27. The molecule has 0 radical (unpaired) electrons. The van der Waals surface area contributed by atoms with Crippen molar-refractivity contribution in [2.24, 2.45) is 12.0 Å². The van der Waals surface area contributed by atoms with Crippen LogP contribution in [0.25, 0.3) is 0 Å². The normalized spacial score (nSPS) is 15.0. The molecule has 2 aromatic rings. The summed E-state index contributed by atoms with van der Waals surface area (Å²) in [5.74, 6) is 1.77. The minimum absolute atomic E-state index is 0. The van der Waals surface area contributed by atoms with Crippen molar-refractivity contribution in [1.29, 1.82) is 0 Å². The first kappa shape index (κ1) is 22.1. The van der Waals surface area contributed by atoms with Crippen molar-refractivity contribution in [3.63, 3.8) is 0 Å². The standard InChI is InChI=1S/C17H27N9O.HI/c1-4-15-22-20-13-25(15)7-6-19-17(18-5-2)24-8-9-26(16(27)12-24)14-10-21-23(3)11-14;/h10-11,13H,4-9,12H2,1-3H3,(H,18,19);1H. The number of nitrogens with one attached hydrogen (secondary N) is 1. The van der Waals surface area contributed by atoms with Crippen molar-refractivity contribution >= 4 is 41.5 Å². The second-order valence-corrected chi connectivity index (χ2v) is 6.37. The number of hydrogen-bond donors (Lipinski definition) is 1. The van der Waals surface area contributed by atoms with Crippen LogP contribution in [-0.2, 0) is 24.8 Å². The van der Waals surface area contributed by atoms with Gasteiger partial charge in [-0.25, -0.2) is 0 Å². The molecule has 3 heterocycles. The number of carbonyl (C=O) groups is 1. The van der Waals surface area contributed by atoms with E-state index in [-0.39, 0.29) is 29.9 Å². The van der Waals surface area contributed by atoms with E-state index >= 15 is 0 Å². The first-order valence-corrected chi connectivity index (χ1v) is 9.31. The fourth-order valence-electron chi connectivity index (χ4n) is 3.10. The predicted molar refractivity (Wildman–Crippen MR) is 118 cm³/mol. The van der Waals surface area contributed by atoms with Crippen LogP contribution in [0.2, 0.25) is 0 Å². The van der Waals surface area contributed by atoms with Gasteiger partial charge in [0, 0.05) is 45.8 Å². The first-order chi connectivity index (χ1) is 13.1. The molecule has 1 fully saturated rings. The summed E-state index contributed by atoms with van der Waals surface area (Å²) in [6, 6.07) is 0. The van der Waals surface area contributed by atoms with Gasteiger partial charge < -0.3 is 19.7 Å². The molecule has 1 N–H and O–H groups in total. The molecule has 0 aromatic carbocycles. The lowest BCUT2D eigenvalue weighted by molar-refractivity contribution is -0.120. The molecule has 11 heteroatoms. The number of aromatic nitrogens is 5. The summed E-state index contributed by atoms with van der Waals surface area (Å²) in [4.78, 5) is 21.1. The highest BCUT2D eigenvalue weighted by atomic mass is 127. The number of halogens is 1. The quantitative estimate of drug-likeness (QED) is 0.352. The third-order valence-corrected chi connectivity index (χ3v) is 4.47. The van der Waals surface area contributed by atoms with Gasteiger partial charge in [-0.15, -0.1) is 34.2 Å². The number of aliphatic imine (C=N–C) groups is 1. The number of amides is 1. The van der Waals surface area contributed by atoms with Crippen molar-refractivity contribution in [3.8, 4) is 0 Å². The molecule has 1 aliphatic heterocycles. The summed E-state index contributed by atoms with van der Waals surface area (Å²) in [6.45, 7) is 7.79. The molecular weight excluding hydrogens is 473 g/mol. The Hall–Kier alpha value is -2.18. The molecule has 3 rings (SSSR count). The van der Waals surface area contributed by atoms with Crippen molar-refractivity contribution in [2.75, 3.05) is 37.6 Å². The Labute approximate surface area is 182 Å². The lowest BCUT2D eigenvalue weighted by atomic mass is 10.3. The highest BCUT2D eigenvalue weighted by molar-refractivity contribution is 14.0. The number of nitrogens with zero attached hydrogens (tertiary/aromatic N) is 8. The van der Waals surface area contributed by atoms with Crippen LogP contribution in [0.5, 0.6) is 0 Å². The number of carbonyl (C=O) groups excluding carboxylic acids is 1. The van der Waals surface area contributed by atoms with Crippen LogP contribution >= 0.6 is 24.0 Å². The first-order valence-electron chi connectivity index (χ1n) is 9.31. The van der Waals surface area contributed by atoms with Crippen LogP contribution in [0.1, 0.15) is 19.7 Å². The van der Waals surface area contributed by atoms with Gasteiger partial charge in [-0.3, -0.25) is 14.5 Å². The van der Waals surface area contributed by atoms with Gasteiger partial charge >= 0.3 is 0 Å². The van der Waals surface area contributed by atoms with E-state index in [1.54, 1.807) is 22.1 Å². The van der Waals surface area contributed by atoms with E-state index in [1.807, 2.05) is 29.6 Å². The zero-order chi connectivity index (χ0) is 19.2. The molecule has 28 heavy (non-hydrogen) atoms. The Morgan fingerprint density at radius 3 is 2.79 bits per heavy atom. The zero-order valence-corrected chi connectivity index (χ0v) is 18.9. The Bertz CT molecular complexity index is 800. The third-order valence-electron chi connectivity index (χ3n) is 4.47. The van der Waals surface area contributed by atoms with Crippen LogP contribution in [0, 0.1) is 0 Å². The second-order valence-electron chi connectivity index (χ2n) is 6.37. The molecule has 10 nitrogen and oxygen atoms in total. The summed E-state index contributed by atoms with van der Waals surface area (Å²) < 4.78 is 3.72. The van der Waals surface area contributed by atoms with Crippen LogP contribution in [0.15, 0.2) is 23.7 Å². The van der Waals surface area contributed by atoms with Crippen LogP contribution < -0.4 is 10.2 Å². The minimum atomic E-state index is 0. The summed E-state index contributed by atoms with van der Waals surface area (Å²) in [5.41, 5.74) is 0.837. The summed E-state index contributed by atoms with van der Waals surface area (Å²) in [6.07, 6.45) is 6.15. The summed E-state index contributed by atoms with van der Waals surface area (Å²) >= 11 is 0. The SMILES string of the molecule is CCNC(=NCCn1cnnc1CC)N1CCN(c2cnn(C)c2)C(=O)C1.I. The van der Waals surface area contributed by atoms with Crippen LogP contribution in [0.4, 0.5) is 5.69 Å². The predicted octanol–water partition coefficient (Wildman–Crippen LogP) is 0.506. The molecule has 0 aliphatic carbocycles. The molecule has 2 aromatic heterocycles. The van der Waals surface area contributed by atoms with Gasteiger partial charge in [-0.1, -0.05) is 6.92 Å². The monoisotopic (exact) mass is 501 g/mol.